The first-order valence-corrected chi connectivity index (χ1v) is 4.88. The molecule has 13 heavy (non-hydrogen) atoms. The number of nitrogens with two attached hydrogens (primary N) is 1. The molecule has 0 unspecified atom stereocenters. The predicted molar refractivity (Wildman–Crippen MR) is 48.4 cm³/mol. The second-order valence-corrected chi connectivity index (χ2v) is 3.88. The topological polar surface area (TPSA) is 77.8 Å². The van der Waals surface area contributed by atoms with Gasteiger partial charge >= 0.3 is 0 Å². The molecule has 2 aromatic rings. The zero-order chi connectivity index (χ0) is 8.84. The van der Waals surface area contributed by atoms with Gasteiger partial charge in [0.1, 0.15) is 5.03 Å². The Morgan fingerprint density at radius 2 is 2.31 bits per heavy atom. The van der Waals surface area contributed by atoms with Gasteiger partial charge in [-0.25, -0.2) is 4.98 Å². The van der Waals surface area contributed by atoms with Gasteiger partial charge in [-0.3, -0.25) is 0 Å². The molecule has 2 N–H and O–H groups in total. The maximum Gasteiger partial charge on any atom is 0.263 e. The highest BCUT2D eigenvalue weighted by molar-refractivity contribution is 7.99. The number of nitrogens with zero attached hydrogens (tertiary/aromatic N) is 3. The van der Waals surface area contributed by atoms with Gasteiger partial charge in [0, 0.05) is 12.2 Å². The molecule has 5 nitrogen and oxygen atoms in total. The van der Waals surface area contributed by atoms with E-state index < -0.39 is 0 Å². The normalized spacial score (nSPS) is 15.1. The predicted octanol–water partition coefficient (Wildman–Crippen LogP) is 0.848. The van der Waals surface area contributed by atoms with Crippen LogP contribution in [0.3, 0.4) is 0 Å². The Balaban J connectivity index is 2.47. The van der Waals surface area contributed by atoms with E-state index in [1.807, 2.05) is 0 Å². The number of aromatic nitrogens is 3. The minimum atomic E-state index is 0.250. The van der Waals surface area contributed by atoms with Crippen molar-refractivity contribution < 1.29 is 4.52 Å². The number of hydrogen-bond acceptors (Lipinski definition) is 6. The number of anilines is 1. The standard InChI is InChI=1S/C7H6N4OS/c8-7-9-5-4-3(11-12-5)1-2-13-6(4)10-7/h1-2H2,(H2,8,9,10). The van der Waals surface area contributed by atoms with E-state index >= 15 is 0 Å². The van der Waals surface area contributed by atoms with Crippen LogP contribution in [0.1, 0.15) is 5.69 Å². The third-order valence-corrected chi connectivity index (χ3v) is 2.95. The van der Waals surface area contributed by atoms with Gasteiger partial charge in [0.2, 0.25) is 5.95 Å². The molecule has 3 rings (SSSR count). The monoisotopic (exact) mass is 194 g/mol. The van der Waals surface area contributed by atoms with Crippen LogP contribution in [-0.4, -0.2) is 20.9 Å². The van der Waals surface area contributed by atoms with Crippen molar-refractivity contribution in [2.45, 2.75) is 11.4 Å². The summed E-state index contributed by atoms with van der Waals surface area (Å²) in [5, 5.41) is 5.75. The molecule has 66 valence electrons. The van der Waals surface area contributed by atoms with Gasteiger partial charge in [0.15, 0.2) is 0 Å². The maximum absolute atomic E-state index is 5.51. The zero-order valence-electron chi connectivity index (χ0n) is 6.65. The summed E-state index contributed by atoms with van der Waals surface area (Å²) in [6.07, 6.45) is 0.915. The van der Waals surface area contributed by atoms with Crippen molar-refractivity contribution in [3.05, 3.63) is 5.69 Å². The molecule has 0 bridgehead atoms. The van der Waals surface area contributed by atoms with E-state index in [0.717, 1.165) is 28.3 Å². The molecule has 0 saturated heterocycles. The summed E-state index contributed by atoms with van der Waals surface area (Å²) < 4.78 is 5.05. The maximum atomic E-state index is 5.51. The Kier molecular flexibility index (Phi) is 1.29. The van der Waals surface area contributed by atoms with E-state index in [0.29, 0.717) is 5.71 Å². The molecule has 0 atom stereocenters. The van der Waals surface area contributed by atoms with Crippen LogP contribution in [0.15, 0.2) is 9.55 Å². The Morgan fingerprint density at radius 1 is 1.38 bits per heavy atom. The highest BCUT2D eigenvalue weighted by Gasteiger charge is 2.20. The minimum Gasteiger partial charge on any atom is -0.368 e. The first-order valence-electron chi connectivity index (χ1n) is 3.89. The second kappa shape index (κ2) is 2.35. The molecular weight excluding hydrogens is 188 g/mol. The Morgan fingerprint density at radius 3 is 3.23 bits per heavy atom. The van der Waals surface area contributed by atoms with Gasteiger partial charge in [0.25, 0.3) is 5.71 Å². The smallest absolute Gasteiger partial charge is 0.263 e. The van der Waals surface area contributed by atoms with Crippen LogP contribution in [0.4, 0.5) is 5.95 Å². The van der Waals surface area contributed by atoms with Gasteiger partial charge in [-0.15, -0.1) is 11.8 Å². The minimum absolute atomic E-state index is 0.250. The van der Waals surface area contributed by atoms with Crippen LogP contribution in [0, 0.1) is 0 Å². The second-order valence-electron chi connectivity index (χ2n) is 2.79. The van der Waals surface area contributed by atoms with Gasteiger partial charge in [-0.05, 0) is 0 Å². The number of hydrogen-bond donors (Lipinski definition) is 1. The van der Waals surface area contributed by atoms with Gasteiger partial charge in [-0.1, -0.05) is 5.16 Å². The van der Waals surface area contributed by atoms with Crippen molar-refractivity contribution in [2.24, 2.45) is 0 Å². The van der Waals surface area contributed by atoms with Gasteiger partial charge in [-0.2, -0.15) is 4.98 Å². The largest absolute Gasteiger partial charge is 0.368 e. The molecule has 0 fully saturated rings. The lowest BCUT2D eigenvalue weighted by Crippen LogP contribution is -2.02. The Bertz CT molecular complexity index is 481. The summed E-state index contributed by atoms with van der Waals surface area (Å²) in [4.78, 5) is 8.10. The number of rotatable bonds is 0. The van der Waals surface area contributed by atoms with Crippen LogP contribution >= 0.6 is 11.8 Å². The van der Waals surface area contributed by atoms with Crippen LogP contribution < -0.4 is 5.73 Å². The van der Waals surface area contributed by atoms with Gasteiger partial charge in [0.05, 0.1) is 11.1 Å². The molecule has 0 aliphatic carbocycles. The summed E-state index contributed by atoms with van der Waals surface area (Å²) in [5.41, 5.74) is 6.96. The van der Waals surface area contributed by atoms with E-state index in [-0.39, 0.29) is 5.95 Å². The SMILES string of the molecule is Nc1nc2c3c(noc3n1)CCS2. The molecule has 0 amide bonds. The molecule has 3 heterocycles. The van der Waals surface area contributed by atoms with E-state index in [4.69, 9.17) is 10.3 Å². The summed E-state index contributed by atoms with van der Waals surface area (Å²) in [6, 6.07) is 0. The molecule has 0 radical (unpaired) electrons. The van der Waals surface area contributed by atoms with Crippen LogP contribution in [0.2, 0.25) is 0 Å². The van der Waals surface area contributed by atoms with Crippen molar-refractivity contribution in [3.63, 3.8) is 0 Å². The molecule has 1 aliphatic heterocycles. The van der Waals surface area contributed by atoms with Gasteiger partial charge < -0.3 is 10.3 Å². The summed E-state index contributed by atoms with van der Waals surface area (Å²) in [7, 11) is 0. The van der Waals surface area contributed by atoms with E-state index in [9.17, 15) is 0 Å². The summed E-state index contributed by atoms with van der Waals surface area (Å²) in [5.74, 6) is 1.23. The van der Waals surface area contributed by atoms with E-state index in [1.165, 1.54) is 0 Å². The van der Waals surface area contributed by atoms with E-state index in [1.54, 1.807) is 11.8 Å². The molecule has 0 spiro atoms. The van der Waals surface area contributed by atoms with Crippen molar-refractivity contribution in [2.75, 3.05) is 11.5 Å². The van der Waals surface area contributed by atoms with Crippen LogP contribution in [-0.2, 0) is 6.42 Å². The van der Waals surface area contributed by atoms with Crippen molar-refractivity contribution in [1.29, 1.82) is 0 Å². The number of thioether (sulfide) groups is 1. The fourth-order valence-corrected chi connectivity index (χ4v) is 2.41. The quantitative estimate of drug-likeness (QED) is 0.626. The number of nitrogen functional groups attached to an aromatic ring is 1. The van der Waals surface area contributed by atoms with Crippen LogP contribution in [0.5, 0.6) is 0 Å². The lowest BCUT2D eigenvalue weighted by atomic mass is 10.2. The zero-order valence-corrected chi connectivity index (χ0v) is 7.47. The molecular formula is C7H6N4OS. The molecule has 6 heteroatoms. The fraction of sp³-hybridized carbons (Fsp3) is 0.286. The summed E-state index contributed by atoms with van der Waals surface area (Å²) >= 11 is 1.67. The first kappa shape index (κ1) is 7.14. The average Bonchev–Trinajstić information content (AvgIpc) is 2.50. The Labute approximate surface area is 77.7 Å². The third kappa shape index (κ3) is 0.918. The van der Waals surface area contributed by atoms with Crippen molar-refractivity contribution >= 4 is 28.8 Å². The first-order chi connectivity index (χ1) is 6.34. The lowest BCUT2D eigenvalue weighted by Gasteiger charge is -2.07. The van der Waals surface area contributed by atoms with Crippen LogP contribution in [0.25, 0.3) is 11.1 Å². The van der Waals surface area contributed by atoms with Crippen molar-refractivity contribution in [1.82, 2.24) is 15.1 Å². The molecule has 0 saturated carbocycles. The summed E-state index contributed by atoms with van der Waals surface area (Å²) in [6.45, 7) is 0. The highest BCUT2D eigenvalue weighted by Crippen LogP contribution is 2.33. The molecule has 0 aromatic carbocycles. The molecule has 2 aromatic heterocycles. The third-order valence-electron chi connectivity index (χ3n) is 1.97. The number of aryl methyl sites for hydroxylation is 1. The fourth-order valence-electron chi connectivity index (χ4n) is 1.41. The lowest BCUT2D eigenvalue weighted by molar-refractivity contribution is 0.440. The van der Waals surface area contributed by atoms with Crippen molar-refractivity contribution in [3.8, 4) is 0 Å². The van der Waals surface area contributed by atoms with E-state index in [2.05, 4.69) is 15.1 Å². The highest BCUT2D eigenvalue weighted by atomic mass is 32.2. The average molecular weight is 194 g/mol. The molecule has 1 aliphatic rings. The Hall–Kier alpha value is -1.30.